The zero-order valence-electron chi connectivity index (χ0n) is 13.6. The summed E-state index contributed by atoms with van der Waals surface area (Å²) in [5.41, 5.74) is 3.13. The van der Waals surface area contributed by atoms with Crippen LogP contribution < -0.4 is 5.32 Å². The minimum absolute atomic E-state index is 0.588. The molecule has 0 amide bonds. The van der Waals surface area contributed by atoms with E-state index in [1.807, 2.05) is 0 Å². The number of benzene rings is 1. The standard InChI is InChI=1S/C19H30N2/c1-15(2)21-13-6-9-17(12-14-21)20-19-11-5-8-16-7-3-4-10-18(16)19/h3-4,7,10,15,17,19-20H,5-6,8-9,11-14H2,1-2H3. The van der Waals surface area contributed by atoms with Crippen molar-refractivity contribution in [3.05, 3.63) is 35.4 Å². The van der Waals surface area contributed by atoms with Crippen molar-refractivity contribution in [2.75, 3.05) is 13.1 Å². The van der Waals surface area contributed by atoms with Crippen molar-refractivity contribution in [2.45, 2.75) is 70.5 Å². The van der Waals surface area contributed by atoms with Crippen molar-refractivity contribution in [3.63, 3.8) is 0 Å². The molecule has 0 aromatic heterocycles. The number of nitrogens with zero attached hydrogens (tertiary/aromatic N) is 1. The second-order valence-electron chi connectivity index (χ2n) is 7.07. The van der Waals surface area contributed by atoms with E-state index in [0.717, 1.165) is 0 Å². The molecule has 0 saturated carbocycles. The first kappa shape index (κ1) is 15.1. The molecule has 21 heavy (non-hydrogen) atoms. The molecule has 1 aromatic carbocycles. The molecule has 1 fully saturated rings. The van der Waals surface area contributed by atoms with Gasteiger partial charge < -0.3 is 10.2 Å². The second-order valence-corrected chi connectivity index (χ2v) is 7.07. The predicted molar refractivity (Wildman–Crippen MR) is 89.6 cm³/mol. The SMILES string of the molecule is CC(C)N1CCCC(NC2CCCc3ccccc32)CC1. The monoisotopic (exact) mass is 286 g/mol. The first-order valence-corrected chi connectivity index (χ1v) is 8.82. The van der Waals surface area contributed by atoms with Crippen molar-refractivity contribution >= 4 is 0 Å². The van der Waals surface area contributed by atoms with Gasteiger partial charge in [-0.2, -0.15) is 0 Å². The molecule has 1 saturated heterocycles. The van der Waals surface area contributed by atoms with E-state index in [-0.39, 0.29) is 0 Å². The summed E-state index contributed by atoms with van der Waals surface area (Å²) in [5.74, 6) is 0. The number of rotatable bonds is 3. The van der Waals surface area contributed by atoms with E-state index in [9.17, 15) is 0 Å². The molecular formula is C19H30N2. The highest BCUT2D eigenvalue weighted by atomic mass is 15.1. The van der Waals surface area contributed by atoms with Gasteiger partial charge >= 0.3 is 0 Å². The molecule has 1 aliphatic heterocycles. The quantitative estimate of drug-likeness (QED) is 0.906. The lowest BCUT2D eigenvalue weighted by atomic mass is 9.87. The Bertz CT molecular complexity index is 455. The Labute approximate surface area is 129 Å². The number of likely N-dealkylation sites (tertiary alicyclic amines) is 1. The maximum absolute atomic E-state index is 3.99. The van der Waals surface area contributed by atoms with Crippen molar-refractivity contribution in [1.29, 1.82) is 0 Å². The number of hydrogen-bond acceptors (Lipinski definition) is 2. The molecule has 3 rings (SSSR count). The number of nitrogens with one attached hydrogen (secondary N) is 1. The molecule has 2 aliphatic rings. The first-order valence-electron chi connectivity index (χ1n) is 8.82. The van der Waals surface area contributed by atoms with E-state index in [4.69, 9.17) is 0 Å². The molecule has 0 radical (unpaired) electrons. The fourth-order valence-corrected chi connectivity index (χ4v) is 4.01. The summed E-state index contributed by atoms with van der Waals surface area (Å²) in [6.07, 6.45) is 7.88. The van der Waals surface area contributed by atoms with Gasteiger partial charge in [0.25, 0.3) is 0 Å². The zero-order chi connectivity index (χ0) is 14.7. The molecule has 2 nitrogen and oxygen atoms in total. The van der Waals surface area contributed by atoms with E-state index in [0.29, 0.717) is 18.1 Å². The summed E-state index contributed by atoms with van der Waals surface area (Å²) >= 11 is 0. The van der Waals surface area contributed by atoms with Crippen LogP contribution in [0, 0.1) is 0 Å². The zero-order valence-corrected chi connectivity index (χ0v) is 13.6. The van der Waals surface area contributed by atoms with Crippen LogP contribution in [0.15, 0.2) is 24.3 Å². The van der Waals surface area contributed by atoms with Gasteiger partial charge in [0, 0.05) is 18.1 Å². The predicted octanol–water partition coefficient (Wildman–Crippen LogP) is 3.92. The molecule has 1 aromatic rings. The van der Waals surface area contributed by atoms with Gasteiger partial charge in [0.1, 0.15) is 0 Å². The van der Waals surface area contributed by atoms with Crippen LogP contribution in [0.5, 0.6) is 0 Å². The molecule has 1 heterocycles. The highest BCUT2D eigenvalue weighted by molar-refractivity contribution is 5.32. The Morgan fingerprint density at radius 3 is 2.76 bits per heavy atom. The van der Waals surface area contributed by atoms with Gasteiger partial charge in [-0.25, -0.2) is 0 Å². The Hall–Kier alpha value is -0.860. The second kappa shape index (κ2) is 6.93. The van der Waals surface area contributed by atoms with Crippen LogP contribution in [-0.4, -0.2) is 30.1 Å². The molecule has 0 bridgehead atoms. The topological polar surface area (TPSA) is 15.3 Å². The van der Waals surface area contributed by atoms with Crippen molar-refractivity contribution in [3.8, 4) is 0 Å². The van der Waals surface area contributed by atoms with Crippen LogP contribution in [0.3, 0.4) is 0 Å². The van der Waals surface area contributed by atoms with Crippen LogP contribution >= 0.6 is 0 Å². The van der Waals surface area contributed by atoms with Crippen molar-refractivity contribution in [1.82, 2.24) is 10.2 Å². The summed E-state index contributed by atoms with van der Waals surface area (Å²) in [5, 5.41) is 3.99. The van der Waals surface area contributed by atoms with E-state index in [2.05, 4.69) is 48.3 Å². The molecule has 2 heteroatoms. The lowest BCUT2D eigenvalue weighted by Crippen LogP contribution is -2.36. The van der Waals surface area contributed by atoms with E-state index < -0.39 is 0 Å². The molecule has 1 N–H and O–H groups in total. The average Bonchev–Trinajstić information content (AvgIpc) is 2.73. The molecule has 2 atom stereocenters. The lowest BCUT2D eigenvalue weighted by molar-refractivity contribution is 0.228. The number of hydrogen-bond donors (Lipinski definition) is 1. The summed E-state index contributed by atoms with van der Waals surface area (Å²) < 4.78 is 0. The van der Waals surface area contributed by atoms with Gasteiger partial charge in [0.15, 0.2) is 0 Å². The minimum Gasteiger partial charge on any atom is -0.307 e. The molecule has 116 valence electrons. The van der Waals surface area contributed by atoms with E-state index in [1.54, 1.807) is 11.1 Å². The van der Waals surface area contributed by atoms with Crippen LogP contribution in [0.4, 0.5) is 0 Å². The van der Waals surface area contributed by atoms with Gasteiger partial charge in [0.2, 0.25) is 0 Å². The summed E-state index contributed by atoms with van der Waals surface area (Å²) in [6.45, 7) is 7.18. The lowest BCUT2D eigenvalue weighted by Gasteiger charge is -2.30. The van der Waals surface area contributed by atoms with Gasteiger partial charge in [-0.15, -0.1) is 0 Å². The molecule has 2 unspecified atom stereocenters. The van der Waals surface area contributed by atoms with Gasteiger partial charge in [-0.1, -0.05) is 24.3 Å². The third kappa shape index (κ3) is 3.67. The third-order valence-corrected chi connectivity index (χ3v) is 5.30. The van der Waals surface area contributed by atoms with Crippen molar-refractivity contribution in [2.24, 2.45) is 0 Å². The van der Waals surface area contributed by atoms with Crippen LogP contribution in [0.2, 0.25) is 0 Å². The van der Waals surface area contributed by atoms with Crippen molar-refractivity contribution < 1.29 is 0 Å². The Morgan fingerprint density at radius 1 is 1.05 bits per heavy atom. The smallest absolute Gasteiger partial charge is 0.0325 e. The fraction of sp³-hybridized carbons (Fsp3) is 0.684. The van der Waals surface area contributed by atoms with E-state index >= 15 is 0 Å². The van der Waals surface area contributed by atoms with Gasteiger partial charge in [-0.3, -0.25) is 0 Å². The summed E-state index contributed by atoms with van der Waals surface area (Å²) in [7, 11) is 0. The van der Waals surface area contributed by atoms with Crippen LogP contribution in [0.1, 0.15) is 63.1 Å². The highest BCUT2D eigenvalue weighted by Crippen LogP contribution is 2.30. The Morgan fingerprint density at radius 2 is 1.90 bits per heavy atom. The maximum atomic E-state index is 3.99. The van der Waals surface area contributed by atoms with E-state index in [1.165, 1.54) is 51.6 Å². The van der Waals surface area contributed by atoms with Crippen LogP contribution in [-0.2, 0) is 6.42 Å². The first-order chi connectivity index (χ1) is 10.2. The minimum atomic E-state index is 0.588. The normalized spacial score (nSPS) is 27.4. The van der Waals surface area contributed by atoms with Gasteiger partial charge in [0.05, 0.1) is 0 Å². The summed E-state index contributed by atoms with van der Waals surface area (Å²) in [4.78, 5) is 2.64. The number of fused-ring (bicyclic) bond motifs is 1. The van der Waals surface area contributed by atoms with Gasteiger partial charge in [-0.05, 0) is 76.6 Å². The summed E-state index contributed by atoms with van der Waals surface area (Å²) in [6, 6.07) is 11.0. The Balaban J connectivity index is 1.62. The number of aryl methyl sites for hydroxylation is 1. The molecule has 0 spiro atoms. The molecule has 1 aliphatic carbocycles. The fourth-order valence-electron chi connectivity index (χ4n) is 4.01. The largest absolute Gasteiger partial charge is 0.307 e. The highest BCUT2D eigenvalue weighted by Gasteiger charge is 2.24. The average molecular weight is 286 g/mol. The third-order valence-electron chi connectivity index (χ3n) is 5.30. The maximum Gasteiger partial charge on any atom is 0.0325 e. The van der Waals surface area contributed by atoms with Crippen LogP contribution in [0.25, 0.3) is 0 Å². The molecular weight excluding hydrogens is 256 g/mol. The Kier molecular flexibility index (Phi) is 4.97.